The number of carbonyl (C=O) groups is 2. The third kappa shape index (κ3) is 8.25. The van der Waals surface area contributed by atoms with Crippen LogP contribution >= 0.6 is 0 Å². The molecule has 2 rings (SSSR count). The van der Waals surface area contributed by atoms with E-state index in [1.807, 2.05) is 20.8 Å². The van der Waals surface area contributed by atoms with Gasteiger partial charge in [0, 0.05) is 24.7 Å². The molecule has 28 heavy (non-hydrogen) atoms. The van der Waals surface area contributed by atoms with Gasteiger partial charge in [-0.2, -0.15) is 0 Å². The molecule has 0 saturated carbocycles. The number of hydrogen-bond acceptors (Lipinski definition) is 4. The van der Waals surface area contributed by atoms with Crippen molar-refractivity contribution in [2.75, 3.05) is 39.8 Å². The molecule has 0 radical (unpaired) electrons. The predicted molar refractivity (Wildman–Crippen MR) is 109 cm³/mol. The van der Waals surface area contributed by atoms with E-state index in [4.69, 9.17) is 4.74 Å². The lowest BCUT2D eigenvalue weighted by Gasteiger charge is -2.31. The summed E-state index contributed by atoms with van der Waals surface area (Å²) in [6.45, 7) is 9.41. The number of carbonyl (C=O) groups excluding carboxylic acids is 2. The molecule has 0 unspecified atom stereocenters. The topological polar surface area (TPSA) is 70.7 Å². The molecule has 2 amide bonds. The van der Waals surface area contributed by atoms with E-state index < -0.39 is 5.82 Å². The molecular formula is C21H34FN3O3. The standard InChI is InChI=1S/C19H28FN3O3.C2H6/c1-3-6-21-18(24)13-23-7-4-14(5-8-23)12-22-19(25)15-9-16(20)11-17(10-15)26-2;1-2/h9-11,14H,3-8,12-13H2,1-2H3,(H,21,24)(H,22,25);1-2H3. The van der Waals surface area contributed by atoms with Crippen LogP contribution in [0.15, 0.2) is 18.2 Å². The molecule has 7 heteroatoms. The Morgan fingerprint density at radius 3 is 2.46 bits per heavy atom. The first-order valence-electron chi connectivity index (χ1n) is 10.1. The van der Waals surface area contributed by atoms with Crippen LogP contribution in [-0.4, -0.2) is 56.5 Å². The number of rotatable bonds is 8. The highest BCUT2D eigenvalue weighted by atomic mass is 19.1. The second-order valence-electron chi connectivity index (χ2n) is 6.66. The van der Waals surface area contributed by atoms with Gasteiger partial charge in [-0.25, -0.2) is 4.39 Å². The molecule has 1 heterocycles. The van der Waals surface area contributed by atoms with Gasteiger partial charge in [0.15, 0.2) is 0 Å². The number of ether oxygens (including phenoxy) is 1. The second-order valence-corrected chi connectivity index (χ2v) is 6.66. The number of methoxy groups -OCH3 is 1. The third-order valence-electron chi connectivity index (χ3n) is 4.57. The molecule has 2 N–H and O–H groups in total. The Kier molecular flexibility index (Phi) is 11.2. The summed E-state index contributed by atoms with van der Waals surface area (Å²) < 4.78 is 18.5. The smallest absolute Gasteiger partial charge is 0.251 e. The molecule has 0 aliphatic carbocycles. The molecule has 0 spiro atoms. The first-order chi connectivity index (χ1) is 13.5. The third-order valence-corrected chi connectivity index (χ3v) is 4.57. The monoisotopic (exact) mass is 395 g/mol. The molecule has 1 aliphatic heterocycles. The van der Waals surface area contributed by atoms with Gasteiger partial charge in [-0.1, -0.05) is 20.8 Å². The molecule has 0 atom stereocenters. The minimum atomic E-state index is -0.496. The highest BCUT2D eigenvalue weighted by molar-refractivity contribution is 5.94. The van der Waals surface area contributed by atoms with Crippen molar-refractivity contribution in [3.05, 3.63) is 29.6 Å². The molecule has 1 fully saturated rings. The second kappa shape index (κ2) is 13.1. The van der Waals surface area contributed by atoms with E-state index in [2.05, 4.69) is 15.5 Å². The summed E-state index contributed by atoms with van der Waals surface area (Å²) in [6.07, 6.45) is 2.78. The normalized spacial score (nSPS) is 14.6. The summed E-state index contributed by atoms with van der Waals surface area (Å²) >= 11 is 0. The minimum absolute atomic E-state index is 0.0682. The first kappa shape index (κ1) is 23.9. The van der Waals surface area contributed by atoms with Gasteiger partial charge in [0.1, 0.15) is 11.6 Å². The number of benzene rings is 1. The molecule has 158 valence electrons. The molecule has 6 nitrogen and oxygen atoms in total. The van der Waals surface area contributed by atoms with Crippen molar-refractivity contribution < 1.29 is 18.7 Å². The number of nitrogens with one attached hydrogen (secondary N) is 2. The summed E-state index contributed by atoms with van der Waals surface area (Å²) in [4.78, 5) is 26.1. The Labute approximate surface area is 167 Å². The van der Waals surface area contributed by atoms with Crippen molar-refractivity contribution in [3.63, 3.8) is 0 Å². The van der Waals surface area contributed by atoms with Crippen LogP contribution in [0.2, 0.25) is 0 Å². The summed E-state index contributed by atoms with van der Waals surface area (Å²) in [5.41, 5.74) is 0.256. The average molecular weight is 396 g/mol. The van der Waals surface area contributed by atoms with Crippen molar-refractivity contribution in [1.82, 2.24) is 15.5 Å². The summed E-state index contributed by atoms with van der Waals surface area (Å²) in [7, 11) is 1.44. The van der Waals surface area contributed by atoms with Gasteiger partial charge >= 0.3 is 0 Å². The van der Waals surface area contributed by atoms with Crippen LogP contribution in [0.25, 0.3) is 0 Å². The molecule has 0 aromatic heterocycles. The number of hydrogen-bond donors (Lipinski definition) is 2. The van der Waals surface area contributed by atoms with E-state index in [0.717, 1.165) is 32.4 Å². The van der Waals surface area contributed by atoms with Crippen LogP contribution in [0.3, 0.4) is 0 Å². The summed E-state index contributed by atoms with van der Waals surface area (Å²) in [5.74, 6) is -0.0406. The van der Waals surface area contributed by atoms with Crippen molar-refractivity contribution in [1.29, 1.82) is 0 Å². The Balaban J connectivity index is 0.00000190. The molecule has 1 aromatic rings. The van der Waals surface area contributed by atoms with E-state index in [1.165, 1.54) is 25.3 Å². The van der Waals surface area contributed by atoms with Crippen molar-refractivity contribution in [2.24, 2.45) is 5.92 Å². The van der Waals surface area contributed by atoms with Crippen molar-refractivity contribution >= 4 is 11.8 Å². The maximum Gasteiger partial charge on any atom is 0.251 e. The molecule has 1 saturated heterocycles. The number of amides is 2. The lowest BCUT2D eigenvalue weighted by atomic mass is 9.96. The van der Waals surface area contributed by atoms with Gasteiger partial charge in [-0.15, -0.1) is 0 Å². The van der Waals surface area contributed by atoms with Gasteiger partial charge in [-0.05, 0) is 50.4 Å². The molecule has 1 aromatic carbocycles. The summed E-state index contributed by atoms with van der Waals surface area (Å²) in [5, 5.41) is 5.76. The Hall–Kier alpha value is -2.15. The zero-order chi connectivity index (χ0) is 20.9. The highest BCUT2D eigenvalue weighted by Crippen LogP contribution is 2.18. The molecule has 1 aliphatic rings. The largest absolute Gasteiger partial charge is 0.497 e. The summed E-state index contributed by atoms with van der Waals surface area (Å²) in [6, 6.07) is 3.97. The lowest BCUT2D eigenvalue weighted by Crippen LogP contribution is -2.43. The van der Waals surface area contributed by atoms with E-state index in [9.17, 15) is 14.0 Å². The quantitative estimate of drug-likeness (QED) is 0.710. The Bertz CT molecular complexity index is 617. The number of halogens is 1. The van der Waals surface area contributed by atoms with Gasteiger partial charge < -0.3 is 15.4 Å². The fourth-order valence-corrected chi connectivity index (χ4v) is 3.02. The van der Waals surface area contributed by atoms with Crippen LogP contribution in [0.4, 0.5) is 4.39 Å². The van der Waals surface area contributed by atoms with Crippen LogP contribution < -0.4 is 15.4 Å². The van der Waals surface area contributed by atoms with Gasteiger partial charge in [0.05, 0.1) is 13.7 Å². The Morgan fingerprint density at radius 2 is 1.86 bits per heavy atom. The van der Waals surface area contributed by atoms with Crippen LogP contribution in [0, 0.1) is 11.7 Å². The maximum absolute atomic E-state index is 13.5. The minimum Gasteiger partial charge on any atom is -0.497 e. The van der Waals surface area contributed by atoms with Gasteiger partial charge in [0.2, 0.25) is 5.91 Å². The fraction of sp³-hybridized carbons (Fsp3) is 0.619. The maximum atomic E-state index is 13.5. The first-order valence-corrected chi connectivity index (χ1v) is 10.1. The molecule has 0 bridgehead atoms. The zero-order valence-electron chi connectivity index (χ0n) is 17.5. The van der Waals surface area contributed by atoms with Crippen LogP contribution in [0.5, 0.6) is 5.75 Å². The predicted octanol–water partition coefficient (Wildman–Crippen LogP) is 2.83. The van der Waals surface area contributed by atoms with Gasteiger partial charge in [-0.3, -0.25) is 14.5 Å². The fourth-order valence-electron chi connectivity index (χ4n) is 3.02. The number of nitrogens with zero attached hydrogens (tertiary/aromatic N) is 1. The van der Waals surface area contributed by atoms with E-state index in [0.29, 0.717) is 31.3 Å². The van der Waals surface area contributed by atoms with Crippen LogP contribution in [-0.2, 0) is 4.79 Å². The van der Waals surface area contributed by atoms with Gasteiger partial charge in [0.25, 0.3) is 5.91 Å². The van der Waals surface area contributed by atoms with E-state index in [1.54, 1.807) is 0 Å². The van der Waals surface area contributed by atoms with Crippen LogP contribution in [0.1, 0.15) is 50.4 Å². The molecular weight excluding hydrogens is 361 g/mol. The highest BCUT2D eigenvalue weighted by Gasteiger charge is 2.21. The zero-order valence-corrected chi connectivity index (χ0v) is 17.5. The number of likely N-dealkylation sites (tertiary alicyclic amines) is 1. The van der Waals surface area contributed by atoms with Crippen molar-refractivity contribution in [2.45, 2.75) is 40.0 Å². The van der Waals surface area contributed by atoms with E-state index in [-0.39, 0.29) is 17.4 Å². The lowest BCUT2D eigenvalue weighted by molar-refractivity contribution is -0.122. The number of piperidine rings is 1. The SMILES string of the molecule is CC.CCCNC(=O)CN1CCC(CNC(=O)c2cc(F)cc(OC)c2)CC1. The Morgan fingerprint density at radius 1 is 1.18 bits per heavy atom. The van der Waals surface area contributed by atoms with E-state index >= 15 is 0 Å². The average Bonchev–Trinajstić information content (AvgIpc) is 2.72. The van der Waals surface area contributed by atoms with Crippen molar-refractivity contribution in [3.8, 4) is 5.75 Å².